The van der Waals surface area contributed by atoms with Gasteiger partial charge in [-0.1, -0.05) is 12.1 Å². The average molecular weight is 397 g/mol. The molecule has 3 aliphatic rings. The van der Waals surface area contributed by atoms with Crippen LogP contribution in [0.4, 0.5) is 4.39 Å². The molecular formula is C23H29FN4O. The zero-order valence-corrected chi connectivity index (χ0v) is 17.1. The van der Waals surface area contributed by atoms with E-state index in [2.05, 4.69) is 26.4 Å². The van der Waals surface area contributed by atoms with Crippen LogP contribution in [-0.2, 0) is 11.8 Å². The number of hydrogen-bond donors (Lipinski definition) is 2. The number of piperidine rings is 1. The summed E-state index contributed by atoms with van der Waals surface area (Å²) in [6.45, 7) is 1.83. The average Bonchev–Trinajstić information content (AvgIpc) is 3.41. The van der Waals surface area contributed by atoms with Crippen LogP contribution in [0.1, 0.15) is 60.9 Å². The van der Waals surface area contributed by atoms with Gasteiger partial charge in [-0.05, 0) is 74.3 Å². The number of aromatic nitrogens is 1. The summed E-state index contributed by atoms with van der Waals surface area (Å²) in [4.78, 5) is 15.5. The molecule has 5 atom stereocenters. The van der Waals surface area contributed by atoms with E-state index in [-0.39, 0.29) is 23.8 Å². The maximum absolute atomic E-state index is 13.7. The standard InChI is InChI=1S/C23H29FN4O/c1-14-10-15(5-8-19(14)24)16-11-17-6-7-18(12-16)28(17)23(29)21-13-20(25-26-21)22-4-3-9-27(22)2/h3-5,8-10,16-18,20-21,25-26H,6-7,11-13H2,1-2H3/t16?,17-,18+,20?,21?. The van der Waals surface area contributed by atoms with Gasteiger partial charge < -0.3 is 9.47 Å². The molecule has 1 aromatic carbocycles. The van der Waals surface area contributed by atoms with Gasteiger partial charge in [0.1, 0.15) is 11.9 Å². The van der Waals surface area contributed by atoms with Gasteiger partial charge in [0.05, 0.1) is 6.04 Å². The number of nitrogens with one attached hydrogen (secondary N) is 2. The molecule has 3 saturated heterocycles. The van der Waals surface area contributed by atoms with Gasteiger partial charge in [0, 0.05) is 31.0 Å². The van der Waals surface area contributed by atoms with E-state index in [1.54, 1.807) is 6.07 Å². The molecule has 1 aromatic heterocycles. The van der Waals surface area contributed by atoms with E-state index in [0.717, 1.165) is 32.1 Å². The molecule has 2 aromatic rings. The lowest BCUT2D eigenvalue weighted by Crippen LogP contribution is -2.53. The minimum absolute atomic E-state index is 0.142. The van der Waals surface area contributed by atoms with Gasteiger partial charge in [-0.3, -0.25) is 4.79 Å². The highest BCUT2D eigenvalue weighted by Gasteiger charge is 2.46. The molecule has 0 aliphatic carbocycles. The molecule has 6 heteroatoms. The molecule has 3 aliphatic heterocycles. The van der Waals surface area contributed by atoms with E-state index in [1.165, 1.54) is 11.3 Å². The summed E-state index contributed by atoms with van der Waals surface area (Å²) in [5.41, 5.74) is 9.69. The summed E-state index contributed by atoms with van der Waals surface area (Å²) in [7, 11) is 2.04. The SMILES string of the molecule is Cc1cc(C2C[C@H]3CC[C@@H](C2)N3C(=O)C2CC(c3cccn3C)NN2)ccc1F. The van der Waals surface area contributed by atoms with Gasteiger partial charge in [-0.2, -0.15) is 0 Å². The highest BCUT2D eigenvalue weighted by atomic mass is 19.1. The second-order valence-corrected chi connectivity index (χ2v) is 8.98. The Morgan fingerprint density at radius 2 is 1.86 bits per heavy atom. The maximum Gasteiger partial charge on any atom is 0.241 e. The summed E-state index contributed by atoms with van der Waals surface area (Å²) >= 11 is 0. The number of hydrogen-bond acceptors (Lipinski definition) is 3. The first kappa shape index (κ1) is 18.8. The Kier molecular flexibility index (Phi) is 4.71. The smallest absolute Gasteiger partial charge is 0.241 e. The largest absolute Gasteiger partial charge is 0.353 e. The normalized spacial score (nSPS) is 31.4. The van der Waals surface area contributed by atoms with Crippen LogP contribution in [0.15, 0.2) is 36.5 Å². The molecule has 4 heterocycles. The zero-order chi connectivity index (χ0) is 20.1. The molecule has 2 N–H and O–H groups in total. The number of carbonyl (C=O) groups is 1. The van der Waals surface area contributed by atoms with Gasteiger partial charge in [0.2, 0.25) is 5.91 Å². The van der Waals surface area contributed by atoms with Crippen molar-refractivity contribution in [3.63, 3.8) is 0 Å². The Hall–Kier alpha value is -2.18. The number of halogens is 1. The fourth-order valence-electron chi connectivity index (χ4n) is 5.66. The van der Waals surface area contributed by atoms with Gasteiger partial charge in [-0.15, -0.1) is 0 Å². The fourth-order valence-corrected chi connectivity index (χ4v) is 5.66. The van der Waals surface area contributed by atoms with E-state index < -0.39 is 0 Å². The molecular weight excluding hydrogens is 367 g/mol. The second-order valence-electron chi connectivity index (χ2n) is 8.98. The van der Waals surface area contributed by atoms with Crippen LogP contribution in [0, 0.1) is 12.7 Å². The minimum atomic E-state index is -0.178. The number of rotatable bonds is 3. The quantitative estimate of drug-likeness (QED) is 0.837. The molecule has 3 fully saturated rings. The summed E-state index contributed by atoms with van der Waals surface area (Å²) < 4.78 is 15.8. The molecule has 5 nitrogen and oxygen atoms in total. The summed E-state index contributed by atoms with van der Waals surface area (Å²) in [5, 5.41) is 0. The maximum atomic E-state index is 13.7. The van der Waals surface area contributed by atoms with Gasteiger partial charge in [-0.25, -0.2) is 15.2 Å². The number of aryl methyl sites for hydroxylation is 2. The monoisotopic (exact) mass is 396 g/mol. The second kappa shape index (κ2) is 7.26. The number of nitrogens with zero attached hydrogens (tertiary/aromatic N) is 2. The van der Waals surface area contributed by atoms with Crippen molar-refractivity contribution in [3.8, 4) is 0 Å². The number of amides is 1. The van der Waals surface area contributed by atoms with E-state index in [0.29, 0.717) is 23.6 Å². The Balaban J connectivity index is 1.28. The van der Waals surface area contributed by atoms with E-state index in [1.807, 2.05) is 38.4 Å². The molecule has 0 spiro atoms. The lowest BCUT2D eigenvalue weighted by atomic mass is 9.84. The van der Waals surface area contributed by atoms with Gasteiger partial charge in [0.15, 0.2) is 0 Å². The number of benzene rings is 1. The lowest BCUT2D eigenvalue weighted by molar-refractivity contribution is -0.137. The predicted molar refractivity (Wildman–Crippen MR) is 110 cm³/mol. The van der Waals surface area contributed by atoms with Crippen LogP contribution in [0.3, 0.4) is 0 Å². The van der Waals surface area contributed by atoms with E-state index in [9.17, 15) is 9.18 Å². The van der Waals surface area contributed by atoms with Crippen molar-refractivity contribution in [2.24, 2.45) is 7.05 Å². The van der Waals surface area contributed by atoms with Crippen molar-refractivity contribution in [1.82, 2.24) is 20.3 Å². The van der Waals surface area contributed by atoms with Crippen LogP contribution >= 0.6 is 0 Å². The lowest BCUT2D eigenvalue weighted by Gasteiger charge is -2.40. The van der Waals surface area contributed by atoms with Crippen molar-refractivity contribution in [3.05, 3.63) is 59.2 Å². The van der Waals surface area contributed by atoms with Gasteiger partial charge in [0.25, 0.3) is 0 Å². The predicted octanol–water partition coefficient (Wildman–Crippen LogP) is 3.32. The molecule has 0 saturated carbocycles. The van der Waals surface area contributed by atoms with Crippen LogP contribution < -0.4 is 10.9 Å². The van der Waals surface area contributed by atoms with Crippen molar-refractivity contribution >= 4 is 5.91 Å². The van der Waals surface area contributed by atoms with Crippen molar-refractivity contribution in [1.29, 1.82) is 0 Å². The summed E-state index contributed by atoms with van der Waals surface area (Å²) in [5.74, 6) is 0.508. The number of hydrazine groups is 1. The highest BCUT2D eigenvalue weighted by Crippen LogP contribution is 2.44. The molecule has 0 radical (unpaired) electrons. The molecule has 3 unspecified atom stereocenters. The zero-order valence-electron chi connectivity index (χ0n) is 17.1. The molecule has 5 rings (SSSR count). The van der Waals surface area contributed by atoms with E-state index >= 15 is 0 Å². The topological polar surface area (TPSA) is 49.3 Å². The molecule has 1 amide bonds. The first-order valence-corrected chi connectivity index (χ1v) is 10.7. The van der Waals surface area contributed by atoms with Crippen LogP contribution in [0.2, 0.25) is 0 Å². The van der Waals surface area contributed by atoms with E-state index in [4.69, 9.17) is 0 Å². The van der Waals surface area contributed by atoms with Crippen LogP contribution in [0.25, 0.3) is 0 Å². The van der Waals surface area contributed by atoms with Gasteiger partial charge >= 0.3 is 0 Å². The Labute approximate surface area is 171 Å². The van der Waals surface area contributed by atoms with Crippen molar-refractivity contribution in [2.75, 3.05) is 0 Å². The summed E-state index contributed by atoms with van der Waals surface area (Å²) in [6.07, 6.45) is 6.92. The Morgan fingerprint density at radius 3 is 2.52 bits per heavy atom. The van der Waals surface area contributed by atoms with Crippen LogP contribution in [-0.4, -0.2) is 33.5 Å². The van der Waals surface area contributed by atoms with Crippen LogP contribution in [0.5, 0.6) is 0 Å². The first-order valence-electron chi connectivity index (χ1n) is 10.7. The first-order chi connectivity index (χ1) is 14.0. The third kappa shape index (κ3) is 3.28. The molecule has 2 bridgehead atoms. The third-order valence-corrected chi connectivity index (χ3v) is 7.18. The van der Waals surface area contributed by atoms with Crippen molar-refractivity contribution in [2.45, 2.75) is 69.1 Å². The Bertz CT molecular complexity index is 911. The molecule has 29 heavy (non-hydrogen) atoms. The number of fused-ring (bicyclic) bond motifs is 2. The number of carbonyl (C=O) groups excluding carboxylic acids is 1. The highest BCUT2D eigenvalue weighted by molar-refractivity contribution is 5.83. The third-order valence-electron chi connectivity index (χ3n) is 7.18. The Morgan fingerprint density at radius 1 is 1.10 bits per heavy atom. The van der Waals surface area contributed by atoms with Crippen molar-refractivity contribution < 1.29 is 9.18 Å². The minimum Gasteiger partial charge on any atom is -0.353 e. The molecule has 154 valence electrons. The fraction of sp³-hybridized carbons (Fsp3) is 0.522. The summed E-state index contributed by atoms with van der Waals surface area (Å²) in [6, 6.07) is 10.2.